The lowest BCUT2D eigenvalue weighted by molar-refractivity contribution is -0.124. The van der Waals surface area contributed by atoms with Crippen LogP contribution in [-0.2, 0) is 17.8 Å². The molecule has 3 aromatic heterocycles. The molecule has 1 atom stereocenters. The fourth-order valence-corrected chi connectivity index (χ4v) is 4.32. The van der Waals surface area contributed by atoms with Crippen LogP contribution in [0.15, 0.2) is 84.3 Å². The van der Waals surface area contributed by atoms with Crippen molar-refractivity contribution in [3.8, 4) is 16.9 Å². The van der Waals surface area contributed by atoms with Gasteiger partial charge in [0.2, 0.25) is 5.91 Å². The first-order valence-electron chi connectivity index (χ1n) is 11.9. The molecule has 12 heteroatoms. The van der Waals surface area contributed by atoms with Crippen molar-refractivity contribution >= 4 is 29.1 Å². The lowest BCUT2D eigenvalue weighted by atomic mass is 10.0. The van der Waals surface area contributed by atoms with Gasteiger partial charge >= 0.3 is 0 Å². The van der Waals surface area contributed by atoms with Crippen LogP contribution in [0.3, 0.4) is 0 Å². The monoisotopic (exact) mass is 560 g/mol. The number of aromatic nitrogens is 7. The number of halogens is 2. The molecule has 2 aromatic carbocycles. The summed E-state index contributed by atoms with van der Waals surface area (Å²) in [5.41, 5.74) is 3.36. The maximum atomic E-state index is 13.4. The first kappa shape index (κ1) is 26.2. The van der Waals surface area contributed by atoms with E-state index in [1.807, 2.05) is 37.3 Å². The fourth-order valence-electron chi connectivity index (χ4n) is 4.03. The fraction of sp³-hybridized carbons (Fsp3) is 0.148. The van der Waals surface area contributed by atoms with E-state index >= 15 is 0 Å². The average Bonchev–Trinajstić information content (AvgIpc) is 3.38. The largest absolute Gasteiger partial charge is 0.349 e. The van der Waals surface area contributed by atoms with Gasteiger partial charge in [-0.2, -0.15) is 0 Å². The Morgan fingerprint density at radius 1 is 1.03 bits per heavy atom. The Kier molecular flexibility index (Phi) is 7.76. The topological polar surface area (TPSA) is 120 Å². The second-order valence-electron chi connectivity index (χ2n) is 8.74. The molecule has 0 aliphatic carbocycles. The van der Waals surface area contributed by atoms with Crippen molar-refractivity contribution in [3.63, 3.8) is 0 Å². The van der Waals surface area contributed by atoms with E-state index in [4.69, 9.17) is 23.2 Å². The number of aryl methyl sites for hydroxylation is 1. The summed E-state index contributed by atoms with van der Waals surface area (Å²) < 4.78 is 2.80. The van der Waals surface area contributed by atoms with Crippen LogP contribution in [0, 0.1) is 6.92 Å². The highest BCUT2D eigenvalue weighted by atomic mass is 35.5. The number of amides is 1. The van der Waals surface area contributed by atoms with E-state index in [9.17, 15) is 9.59 Å². The molecule has 0 radical (unpaired) electrons. The summed E-state index contributed by atoms with van der Waals surface area (Å²) in [7, 11) is 0. The molecule has 39 heavy (non-hydrogen) atoms. The van der Waals surface area contributed by atoms with Crippen LogP contribution in [0.4, 0.5) is 0 Å². The van der Waals surface area contributed by atoms with Gasteiger partial charge in [0.25, 0.3) is 5.56 Å². The summed E-state index contributed by atoms with van der Waals surface area (Å²) in [6, 6.07) is 15.1. The number of nitrogens with zero attached hydrogens (tertiary/aromatic N) is 7. The van der Waals surface area contributed by atoms with Gasteiger partial charge < -0.3 is 5.32 Å². The summed E-state index contributed by atoms with van der Waals surface area (Å²) in [4.78, 5) is 39.8. The van der Waals surface area contributed by atoms with Crippen molar-refractivity contribution in [1.82, 2.24) is 39.8 Å². The predicted octanol–water partition coefficient (Wildman–Crippen LogP) is 4.00. The van der Waals surface area contributed by atoms with E-state index in [2.05, 4.69) is 30.6 Å². The number of hydrogen-bond donors (Lipinski definition) is 1. The van der Waals surface area contributed by atoms with E-state index in [-0.39, 0.29) is 24.0 Å². The first-order chi connectivity index (χ1) is 18.9. The molecule has 5 aromatic rings. The smallest absolute Gasteiger partial charge is 0.254 e. The van der Waals surface area contributed by atoms with E-state index in [0.29, 0.717) is 27.7 Å². The number of nitrogens with one attached hydrogen (secondary N) is 1. The molecule has 0 bridgehead atoms. The Morgan fingerprint density at radius 3 is 2.54 bits per heavy atom. The van der Waals surface area contributed by atoms with Crippen LogP contribution in [0.5, 0.6) is 0 Å². The molecule has 0 saturated heterocycles. The highest BCUT2D eigenvalue weighted by Gasteiger charge is 2.23. The van der Waals surface area contributed by atoms with Crippen LogP contribution < -0.4 is 10.9 Å². The van der Waals surface area contributed by atoms with E-state index in [1.165, 1.54) is 27.8 Å². The lowest BCUT2D eigenvalue weighted by Crippen LogP contribution is -2.38. The third-order valence-electron chi connectivity index (χ3n) is 5.97. The number of carbonyl (C=O) groups is 1. The third-order valence-corrected chi connectivity index (χ3v) is 6.38. The second kappa shape index (κ2) is 11.5. The zero-order valence-electron chi connectivity index (χ0n) is 20.7. The number of rotatable bonds is 8. The van der Waals surface area contributed by atoms with Crippen molar-refractivity contribution in [2.75, 3.05) is 0 Å². The minimum Gasteiger partial charge on any atom is -0.349 e. The van der Waals surface area contributed by atoms with E-state index in [0.717, 1.165) is 11.3 Å². The van der Waals surface area contributed by atoms with Gasteiger partial charge in [0.15, 0.2) is 5.15 Å². The minimum atomic E-state index is -0.854. The van der Waals surface area contributed by atoms with Crippen LogP contribution >= 0.6 is 23.2 Å². The predicted molar refractivity (Wildman–Crippen MR) is 147 cm³/mol. The molecule has 0 aliphatic heterocycles. The molecule has 0 fully saturated rings. The molecule has 196 valence electrons. The standard InChI is InChI=1S/C27H22Cl2N8O2/c1-17-12-31-20(13-30-17)14-32-27(39)24(9-18-5-3-2-4-6-18)36-16-33-22(11-26(36)38)21-10-19(28)7-8-23(21)37-15-25(29)34-35-37/h2-8,10-13,15-16,24H,9,14H2,1H3,(H,32,39)/t24-/m0/s1. The maximum absolute atomic E-state index is 13.4. The molecule has 3 heterocycles. The Hall–Kier alpha value is -4.41. The maximum Gasteiger partial charge on any atom is 0.254 e. The Balaban J connectivity index is 1.48. The molecule has 0 unspecified atom stereocenters. The minimum absolute atomic E-state index is 0.171. The van der Waals surface area contributed by atoms with Gasteiger partial charge in [-0.25, -0.2) is 9.67 Å². The third kappa shape index (κ3) is 6.19. The first-order valence-corrected chi connectivity index (χ1v) is 12.7. The van der Waals surface area contributed by atoms with Crippen molar-refractivity contribution in [3.05, 3.63) is 117 Å². The lowest BCUT2D eigenvalue weighted by Gasteiger charge is -2.20. The Morgan fingerprint density at radius 2 is 1.85 bits per heavy atom. The van der Waals surface area contributed by atoms with Crippen LogP contribution in [0.2, 0.25) is 10.2 Å². The Labute approximate surface area is 233 Å². The van der Waals surface area contributed by atoms with Crippen LogP contribution in [0.1, 0.15) is 23.0 Å². The summed E-state index contributed by atoms with van der Waals surface area (Å²) in [6.45, 7) is 2.01. The summed E-state index contributed by atoms with van der Waals surface area (Å²) in [6.07, 6.45) is 6.43. The molecule has 0 saturated carbocycles. The SMILES string of the molecule is Cc1cnc(CNC(=O)[C@H](Cc2ccccc2)n2cnc(-c3cc(Cl)ccc3-n3cc(Cl)nn3)cc2=O)cn1. The van der Waals surface area contributed by atoms with Gasteiger partial charge in [-0.05, 0) is 30.7 Å². The number of hydrogen-bond acceptors (Lipinski definition) is 7. The molecule has 1 amide bonds. The van der Waals surface area contributed by atoms with Gasteiger partial charge in [0.05, 0.1) is 48.0 Å². The average molecular weight is 561 g/mol. The van der Waals surface area contributed by atoms with Crippen molar-refractivity contribution in [1.29, 1.82) is 0 Å². The van der Waals surface area contributed by atoms with Gasteiger partial charge in [0, 0.05) is 29.3 Å². The molecule has 5 rings (SSSR count). The normalized spacial score (nSPS) is 11.8. The highest BCUT2D eigenvalue weighted by molar-refractivity contribution is 6.31. The van der Waals surface area contributed by atoms with Gasteiger partial charge in [-0.3, -0.25) is 24.1 Å². The zero-order valence-corrected chi connectivity index (χ0v) is 22.2. The van der Waals surface area contributed by atoms with Crippen LogP contribution in [0.25, 0.3) is 16.9 Å². The summed E-state index contributed by atoms with van der Waals surface area (Å²) >= 11 is 12.2. The van der Waals surface area contributed by atoms with Gasteiger partial charge in [-0.15, -0.1) is 5.10 Å². The van der Waals surface area contributed by atoms with E-state index < -0.39 is 11.6 Å². The Bertz CT molecular complexity index is 1670. The van der Waals surface area contributed by atoms with E-state index in [1.54, 1.807) is 30.6 Å². The van der Waals surface area contributed by atoms with Crippen LogP contribution in [-0.4, -0.2) is 40.4 Å². The molecule has 10 nitrogen and oxygen atoms in total. The quantitative estimate of drug-likeness (QED) is 0.304. The molecule has 1 N–H and O–H groups in total. The zero-order chi connectivity index (χ0) is 27.4. The highest BCUT2D eigenvalue weighted by Crippen LogP contribution is 2.28. The number of benzene rings is 2. The molecular formula is C27H22Cl2N8O2. The molecule has 0 aliphatic rings. The summed E-state index contributed by atoms with van der Waals surface area (Å²) in [5.74, 6) is -0.349. The molecular weight excluding hydrogens is 539 g/mol. The second-order valence-corrected chi connectivity index (χ2v) is 9.56. The van der Waals surface area contributed by atoms with Gasteiger partial charge in [0.1, 0.15) is 6.04 Å². The summed E-state index contributed by atoms with van der Waals surface area (Å²) in [5, 5.41) is 11.4. The van der Waals surface area contributed by atoms with Crippen molar-refractivity contribution in [2.24, 2.45) is 0 Å². The van der Waals surface area contributed by atoms with Gasteiger partial charge in [-0.1, -0.05) is 58.7 Å². The number of carbonyl (C=O) groups excluding carboxylic acids is 1. The van der Waals surface area contributed by atoms with Crippen molar-refractivity contribution < 1.29 is 4.79 Å². The van der Waals surface area contributed by atoms with Crippen molar-refractivity contribution in [2.45, 2.75) is 25.9 Å². The molecule has 0 spiro atoms.